The number of nitrogens with one attached hydrogen (secondary N) is 1. The third-order valence-corrected chi connectivity index (χ3v) is 5.18. The Bertz CT molecular complexity index is 735. The van der Waals surface area contributed by atoms with Crippen molar-refractivity contribution in [1.82, 2.24) is 9.97 Å². The van der Waals surface area contributed by atoms with Crippen LogP contribution in [0.2, 0.25) is 0 Å². The fourth-order valence-corrected chi connectivity index (χ4v) is 3.45. The van der Waals surface area contributed by atoms with E-state index in [0.717, 1.165) is 56.6 Å². The summed E-state index contributed by atoms with van der Waals surface area (Å²) in [6, 6.07) is 8.68. The van der Waals surface area contributed by atoms with Crippen LogP contribution in [0.1, 0.15) is 36.7 Å². The van der Waals surface area contributed by atoms with Crippen LogP contribution in [0, 0.1) is 20.8 Å². The monoisotopic (exact) mass is 353 g/mol. The summed E-state index contributed by atoms with van der Waals surface area (Å²) in [6.45, 7) is 13.6. The van der Waals surface area contributed by atoms with Gasteiger partial charge in [0.1, 0.15) is 17.5 Å². The molecule has 0 amide bonds. The smallest absolute Gasteiger partial charge is 0.134 e. The SMILES string of the molecule is CCCCNc1cc(N2CCN(c3cccc(C)c3C)CC2)nc(C)n1. The summed E-state index contributed by atoms with van der Waals surface area (Å²) in [5.74, 6) is 2.81. The van der Waals surface area contributed by atoms with Gasteiger partial charge in [0.2, 0.25) is 0 Å². The summed E-state index contributed by atoms with van der Waals surface area (Å²) in [7, 11) is 0. The van der Waals surface area contributed by atoms with Gasteiger partial charge in [-0.1, -0.05) is 25.5 Å². The lowest BCUT2D eigenvalue weighted by Crippen LogP contribution is -2.47. The van der Waals surface area contributed by atoms with E-state index >= 15 is 0 Å². The summed E-state index contributed by atoms with van der Waals surface area (Å²) in [5, 5.41) is 3.43. The molecule has 1 saturated heterocycles. The van der Waals surface area contributed by atoms with Crippen molar-refractivity contribution < 1.29 is 0 Å². The Morgan fingerprint density at radius 2 is 1.73 bits per heavy atom. The lowest BCUT2D eigenvalue weighted by molar-refractivity contribution is 0.644. The van der Waals surface area contributed by atoms with Gasteiger partial charge in [0.25, 0.3) is 0 Å². The fraction of sp³-hybridized carbons (Fsp3) is 0.524. The van der Waals surface area contributed by atoms with Crippen LogP contribution in [0.25, 0.3) is 0 Å². The Balaban J connectivity index is 1.67. The Morgan fingerprint density at radius 1 is 1.00 bits per heavy atom. The van der Waals surface area contributed by atoms with E-state index in [1.54, 1.807) is 0 Å². The number of anilines is 3. The highest BCUT2D eigenvalue weighted by molar-refractivity contribution is 5.58. The van der Waals surface area contributed by atoms with Gasteiger partial charge in [0.05, 0.1) is 0 Å². The van der Waals surface area contributed by atoms with E-state index in [4.69, 9.17) is 0 Å². The summed E-state index contributed by atoms with van der Waals surface area (Å²) in [5.41, 5.74) is 4.12. The number of aryl methyl sites for hydroxylation is 2. The molecule has 1 aliphatic heterocycles. The molecule has 2 heterocycles. The number of unbranched alkanes of at least 4 members (excludes halogenated alkanes) is 1. The molecule has 0 atom stereocenters. The fourth-order valence-electron chi connectivity index (χ4n) is 3.45. The van der Waals surface area contributed by atoms with E-state index in [0.29, 0.717) is 0 Å². The molecule has 1 fully saturated rings. The van der Waals surface area contributed by atoms with Gasteiger partial charge >= 0.3 is 0 Å². The Kier molecular flexibility index (Phi) is 5.96. The summed E-state index contributed by atoms with van der Waals surface area (Å²) < 4.78 is 0. The molecule has 2 aromatic rings. The zero-order valence-electron chi connectivity index (χ0n) is 16.5. The van der Waals surface area contributed by atoms with Crippen LogP contribution < -0.4 is 15.1 Å². The van der Waals surface area contributed by atoms with Crippen LogP contribution in [0.4, 0.5) is 17.3 Å². The molecule has 0 unspecified atom stereocenters. The van der Waals surface area contributed by atoms with Crippen LogP contribution in [-0.2, 0) is 0 Å². The number of piperazine rings is 1. The molecule has 0 radical (unpaired) electrons. The number of rotatable bonds is 6. The lowest BCUT2D eigenvalue weighted by Gasteiger charge is -2.37. The van der Waals surface area contributed by atoms with Gasteiger partial charge in [0, 0.05) is 44.5 Å². The summed E-state index contributed by atoms with van der Waals surface area (Å²) >= 11 is 0. The quantitative estimate of drug-likeness (QED) is 0.797. The largest absolute Gasteiger partial charge is 0.370 e. The summed E-state index contributed by atoms with van der Waals surface area (Å²) in [4.78, 5) is 14.1. The number of hydrogen-bond acceptors (Lipinski definition) is 5. The molecule has 1 N–H and O–H groups in total. The first kappa shape index (κ1) is 18.5. The zero-order chi connectivity index (χ0) is 18.5. The van der Waals surface area contributed by atoms with Crippen LogP contribution in [0.15, 0.2) is 24.3 Å². The molecule has 1 aliphatic rings. The minimum absolute atomic E-state index is 0.832. The highest BCUT2D eigenvalue weighted by Gasteiger charge is 2.20. The van der Waals surface area contributed by atoms with E-state index in [1.807, 2.05) is 6.92 Å². The first-order valence-electron chi connectivity index (χ1n) is 9.74. The molecule has 5 nitrogen and oxygen atoms in total. The number of aromatic nitrogens is 2. The van der Waals surface area contributed by atoms with Gasteiger partial charge in [0.15, 0.2) is 0 Å². The van der Waals surface area contributed by atoms with Crippen molar-refractivity contribution in [2.24, 2.45) is 0 Å². The molecule has 0 aliphatic carbocycles. The molecule has 5 heteroatoms. The van der Waals surface area contributed by atoms with Gasteiger partial charge < -0.3 is 15.1 Å². The standard InChI is InChI=1S/C21H31N5/c1-5-6-10-22-20-15-21(24-18(4)23-20)26-13-11-25(12-14-26)19-9-7-8-16(2)17(19)3/h7-9,15H,5-6,10-14H2,1-4H3,(H,22,23,24). The average molecular weight is 354 g/mol. The van der Waals surface area contributed by atoms with Gasteiger partial charge in [-0.2, -0.15) is 0 Å². The van der Waals surface area contributed by atoms with Crippen LogP contribution in [0.5, 0.6) is 0 Å². The Labute approximate surface area is 157 Å². The highest BCUT2D eigenvalue weighted by atomic mass is 15.3. The Hall–Kier alpha value is -2.30. The van der Waals surface area contributed by atoms with Crippen molar-refractivity contribution in [1.29, 1.82) is 0 Å². The van der Waals surface area contributed by atoms with E-state index < -0.39 is 0 Å². The van der Waals surface area contributed by atoms with Crippen molar-refractivity contribution in [3.05, 3.63) is 41.2 Å². The predicted molar refractivity (Wildman–Crippen MR) is 111 cm³/mol. The molecule has 1 aromatic carbocycles. The van der Waals surface area contributed by atoms with Crippen molar-refractivity contribution in [3.8, 4) is 0 Å². The molecule has 0 bridgehead atoms. The van der Waals surface area contributed by atoms with Gasteiger partial charge in [-0.05, 0) is 44.4 Å². The maximum atomic E-state index is 4.67. The lowest BCUT2D eigenvalue weighted by atomic mass is 10.1. The second kappa shape index (κ2) is 8.39. The predicted octanol–water partition coefficient (Wildman–Crippen LogP) is 3.94. The van der Waals surface area contributed by atoms with Crippen molar-refractivity contribution in [3.63, 3.8) is 0 Å². The maximum absolute atomic E-state index is 4.67. The molecule has 0 saturated carbocycles. The number of nitrogens with zero attached hydrogens (tertiary/aromatic N) is 4. The molecule has 140 valence electrons. The van der Waals surface area contributed by atoms with Crippen molar-refractivity contribution >= 4 is 17.3 Å². The van der Waals surface area contributed by atoms with Gasteiger partial charge in [-0.3, -0.25) is 0 Å². The Morgan fingerprint density at radius 3 is 2.46 bits per heavy atom. The molecule has 1 aromatic heterocycles. The van der Waals surface area contributed by atoms with Crippen molar-refractivity contribution in [2.75, 3.05) is 47.8 Å². The molecule has 26 heavy (non-hydrogen) atoms. The number of benzene rings is 1. The second-order valence-corrected chi connectivity index (χ2v) is 7.13. The average Bonchev–Trinajstić information content (AvgIpc) is 2.64. The second-order valence-electron chi connectivity index (χ2n) is 7.13. The highest BCUT2D eigenvalue weighted by Crippen LogP contribution is 2.25. The van der Waals surface area contributed by atoms with E-state index in [1.165, 1.54) is 23.2 Å². The van der Waals surface area contributed by atoms with Gasteiger partial charge in [-0.15, -0.1) is 0 Å². The van der Waals surface area contributed by atoms with Crippen molar-refractivity contribution in [2.45, 2.75) is 40.5 Å². The van der Waals surface area contributed by atoms with E-state index in [2.05, 4.69) is 70.1 Å². The molecule has 0 spiro atoms. The van der Waals surface area contributed by atoms with E-state index in [9.17, 15) is 0 Å². The topological polar surface area (TPSA) is 44.3 Å². The molecular weight excluding hydrogens is 322 g/mol. The molecular formula is C21H31N5. The molecule has 3 rings (SSSR count). The zero-order valence-corrected chi connectivity index (χ0v) is 16.5. The maximum Gasteiger partial charge on any atom is 0.134 e. The first-order valence-corrected chi connectivity index (χ1v) is 9.74. The normalized spacial score (nSPS) is 14.6. The van der Waals surface area contributed by atoms with Crippen LogP contribution in [0.3, 0.4) is 0 Å². The number of hydrogen-bond donors (Lipinski definition) is 1. The minimum Gasteiger partial charge on any atom is -0.370 e. The van der Waals surface area contributed by atoms with Crippen LogP contribution >= 0.6 is 0 Å². The minimum atomic E-state index is 0.832. The van der Waals surface area contributed by atoms with Crippen LogP contribution in [-0.4, -0.2) is 42.7 Å². The van der Waals surface area contributed by atoms with Gasteiger partial charge in [-0.25, -0.2) is 9.97 Å². The summed E-state index contributed by atoms with van der Waals surface area (Å²) in [6.07, 6.45) is 2.34. The van der Waals surface area contributed by atoms with E-state index in [-0.39, 0.29) is 0 Å². The third-order valence-electron chi connectivity index (χ3n) is 5.18. The first-order chi connectivity index (χ1) is 12.6. The third kappa shape index (κ3) is 4.26.